The molecule has 7 rings (SSSR count). The summed E-state index contributed by atoms with van der Waals surface area (Å²) in [6.07, 6.45) is 1.59. The van der Waals surface area contributed by atoms with Gasteiger partial charge in [-0.3, -0.25) is 4.57 Å². The highest BCUT2D eigenvalue weighted by Crippen LogP contribution is 2.33. The molecule has 7 aromatic rings. The van der Waals surface area contributed by atoms with E-state index in [2.05, 4.69) is 76.1 Å². The summed E-state index contributed by atoms with van der Waals surface area (Å²) in [5.41, 5.74) is 6.01. The van der Waals surface area contributed by atoms with Crippen LogP contribution >= 0.6 is 0 Å². The first-order chi connectivity index (χ1) is 16.3. The predicted octanol–water partition coefficient (Wildman–Crippen LogP) is 6.84. The third-order valence-electron chi connectivity index (χ3n) is 6.22. The van der Waals surface area contributed by atoms with E-state index in [9.17, 15) is 0 Å². The quantitative estimate of drug-likeness (QED) is 0.304. The SMILES string of the molecule is Cc1ccc2oc3ccc(-c4ncnc(-n5c6ccccc6c6ccccc65)n4)cc3c2c1. The van der Waals surface area contributed by atoms with Gasteiger partial charge < -0.3 is 4.42 Å². The van der Waals surface area contributed by atoms with Gasteiger partial charge in [0.15, 0.2) is 5.82 Å². The summed E-state index contributed by atoms with van der Waals surface area (Å²) in [5.74, 6) is 1.23. The van der Waals surface area contributed by atoms with Crippen LogP contribution in [0.3, 0.4) is 0 Å². The van der Waals surface area contributed by atoms with E-state index in [4.69, 9.17) is 9.40 Å². The summed E-state index contributed by atoms with van der Waals surface area (Å²) >= 11 is 0. The van der Waals surface area contributed by atoms with E-state index in [1.807, 2.05) is 30.3 Å². The summed E-state index contributed by atoms with van der Waals surface area (Å²) in [6, 6.07) is 29.0. The Morgan fingerprint density at radius 1 is 0.667 bits per heavy atom. The maximum atomic E-state index is 6.02. The predicted molar refractivity (Wildman–Crippen MR) is 132 cm³/mol. The van der Waals surface area contributed by atoms with Crippen molar-refractivity contribution in [1.82, 2.24) is 19.5 Å². The molecule has 0 N–H and O–H groups in total. The van der Waals surface area contributed by atoms with Gasteiger partial charge in [0.05, 0.1) is 11.0 Å². The lowest BCUT2D eigenvalue weighted by Crippen LogP contribution is -2.03. The minimum absolute atomic E-state index is 0.602. The Labute approximate surface area is 189 Å². The Kier molecular flexibility index (Phi) is 3.70. The molecule has 0 aliphatic heterocycles. The van der Waals surface area contributed by atoms with Crippen LogP contribution in [-0.2, 0) is 0 Å². The van der Waals surface area contributed by atoms with E-state index in [0.29, 0.717) is 11.8 Å². The highest BCUT2D eigenvalue weighted by Gasteiger charge is 2.15. The van der Waals surface area contributed by atoms with Crippen molar-refractivity contribution >= 4 is 43.7 Å². The van der Waals surface area contributed by atoms with Gasteiger partial charge in [0.2, 0.25) is 5.95 Å². The van der Waals surface area contributed by atoms with E-state index in [1.165, 1.54) is 16.3 Å². The minimum atomic E-state index is 0.602. The molecule has 3 aromatic heterocycles. The first-order valence-corrected chi connectivity index (χ1v) is 10.9. The average molecular weight is 426 g/mol. The van der Waals surface area contributed by atoms with Gasteiger partial charge in [-0.2, -0.15) is 4.98 Å². The number of hydrogen-bond acceptors (Lipinski definition) is 4. The van der Waals surface area contributed by atoms with Crippen molar-refractivity contribution < 1.29 is 4.42 Å². The van der Waals surface area contributed by atoms with Gasteiger partial charge in [0, 0.05) is 27.1 Å². The van der Waals surface area contributed by atoms with E-state index < -0.39 is 0 Å². The number of fused-ring (bicyclic) bond motifs is 6. The number of aryl methyl sites for hydroxylation is 1. The second kappa shape index (κ2) is 6.74. The van der Waals surface area contributed by atoms with Crippen LogP contribution in [0.4, 0.5) is 0 Å². The number of furan rings is 1. The Morgan fingerprint density at radius 3 is 2.09 bits per heavy atom. The number of benzene rings is 4. The maximum absolute atomic E-state index is 6.02. The van der Waals surface area contributed by atoms with Gasteiger partial charge in [-0.1, -0.05) is 48.0 Å². The third kappa shape index (κ3) is 2.69. The first kappa shape index (κ1) is 18.1. The molecule has 3 heterocycles. The molecule has 156 valence electrons. The maximum Gasteiger partial charge on any atom is 0.238 e. The largest absolute Gasteiger partial charge is 0.456 e. The lowest BCUT2D eigenvalue weighted by Gasteiger charge is -2.07. The number of aromatic nitrogens is 4. The van der Waals surface area contributed by atoms with Crippen LogP contribution < -0.4 is 0 Å². The molecule has 0 saturated carbocycles. The fourth-order valence-corrected chi connectivity index (χ4v) is 4.70. The first-order valence-electron chi connectivity index (χ1n) is 10.9. The van der Waals surface area contributed by atoms with Crippen LogP contribution in [0.15, 0.2) is 95.7 Å². The molecule has 0 amide bonds. The van der Waals surface area contributed by atoms with Gasteiger partial charge in [0.25, 0.3) is 0 Å². The van der Waals surface area contributed by atoms with Crippen molar-refractivity contribution in [2.45, 2.75) is 6.92 Å². The second-order valence-corrected chi connectivity index (χ2v) is 8.29. The fraction of sp³-hybridized carbons (Fsp3) is 0.0357. The highest BCUT2D eigenvalue weighted by molar-refractivity contribution is 6.09. The molecular weight excluding hydrogens is 408 g/mol. The normalized spacial score (nSPS) is 11.8. The number of hydrogen-bond donors (Lipinski definition) is 0. The van der Waals surface area contributed by atoms with Crippen molar-refractivity contribution in [2.75, 3.05) is 0 Å². The molecule has 0 aliphatic carbocycles. The fourth-order valence-electron chi connectivity index (χ4n) is 4.70. The smallest absolute Gasteiger partial charge is 0.238 e. The van der Waals surface area contributed by atoms with Gasteiger partial charge in [-0.25, -0.2) is 9.97 Å². The van der Waals surface area contributed by atoms with Crippen molar-refractivity contribution in [3.8, 4) is 17.3 Å². The minimum Gasteiger partial charge on any atom is -0.456 e. The topological polar surface area (TPSA) is 56.7 Å². The summed E-state index contributed by atoms with van der Waals surface area (Å²) in [7, 11) is 0. The Balaban J connectivity index is 1.45. The van der Waals surface area contributed by atoms with Gasteiger partial charge in [-0.15, -0.1) is 0 Å². The van der Waals surface area contributed by atoms with Crippen LogP contribution in [0.5, 0.6) is 0 Å². The molecule has 0 saturated heterocycles. The molecule has 5 heteroatoms. The second-order valence-electron chi connectivity index (χ2n) is 8.29. The molecular formula is C28H18N4O. The van der Waals surface area contributed by atoms with Gasteiger partial charge in [-0.05, 0) is 49.4 Å². The summed E-state index contributed by atoms with van der Waals surface area (Å²) in [5, 5.41) is 4.52. The van der Waals surface area contributed by atoms with Crippen molar-refractivity contribution in [3.05, 3.63) is 96.8 Å². The Morgan fingerprint density at radius 2 is 1.33 bits per heavy atom. The molecule has 5 nitrogen and oxygen atoms in total. The monoisotopic (exact) mass is 426 g/mol. The molecule has 33 heavy (non-hydrogen) atoms. The zero-order valence-electron chi connectivity index (χ0n) is 17.9. The van der Waals surface area contributed by atoms with Crippen LogP contribution in [0.25, 0.3) is 61.1 Å². The summed E-state index contributed by atoms with van der Waals surface area (Å²) < 4.78 is 8.12. The van der Waals surface area contributed by atoms with Crippen LogP contribution in [-0.4, -0.2) is 19.5 Å². The molecule has 0 bridgehead atoms. The highest BCUT2D eigenvalue weighted by atomic mass is 16.3. The van der Waals surface area contributed by atoms with E-state index >= 15 is 0 Å². The van der Waals surface area contributed by atoms with E-state index in [1.54, 1.807) is 6.33 Å². The summed E-state index contributed by atoms with van der Waals surface area (Å²) in [4.78, 5) is 13.9. The van der Waals surface area contributed by atoms with Crippen LogP contribution in [0, 0.1) is 6.92 Å². The van der Waals surface area contributed by atoms with Crippen LogP contribution in [0.1, 0.15) is 5.56 Å². The van der Waals surface area contributed by atoms with E-state index in [-0.39, 0.29) is 0 Å². The molecule has 0 fully saturated rings. The van der Waals surface area contributed by atoms with Gasteiger partial charge >= 0.3 is 0 Å². The Hall–Kier alpha value is -4.51. The van der Waals surface area contributed by atoms with Crippen molar-refractivity contribution in [2.24, 2.45) is 0 Å². The summed E-state index contributed by atoms with van der Waals surface area (Å²) in [6.45, 7) is 2.09. The van der Waals surface area contributed by atoms with Crippen molar-refractivity contribution in [3.63, 3.8) is 0 Å². The van der Waals surface area contributed by atoms with Crippen LogP contribution in [0.2, 0.25) is 0 Å². The number of para-hydroxylation sites is 2. The third-order valence-corrected chi connectivity index (χ3v) is 6.22. The number of rotatable bonds is 2. The standard InChI is InChI=1S/C28H18N4O/c1-17-10-12-25-21(14-17)22-15-18(11-13-26(22)33-25)27-29-16-30-28(31-27)32-23-8-4-2-6-19(23)20-7-3-5-9-24(20)32/h2-16H,1H3. The zero-order valence-corrected chi connectivity index (χ0v) is 17.9. The van der Waals surface area contributed by atoms with Crippen molar-refractivity contribution in [1.29, 1.82) is 0 Å². The Bertz CT molecular complexity index is 1790. The lowest BCUT2D eigenvalue weighted by molar-refractivity contribution is 0.669. The number of nitrogens with zero attached hydrogens (tertiary/aromatic N) is 4. The molecule has 0 unspecified atom stereocenters. The van der Waals surface area contributed by atoms with Gasteiger partial charge in [0.1, 0.15) is 17.5 Å². The molecule has 0 radical (unpaired) electrons. The molecule has 0 aliphatic rings. The zero-order chi connectivity index (χ0) is 21.9. The van der Waals surface area contributed by atoms with E-state index in [0.717, 1.165) is 38.5 Å². The molecule has 4 aromatic carbocycles. The molecule has 0 atom stereocenters. The lowest BCUT2D eigenvalue weighted by atomic mass is 10.1. The average Bonchev–Trinajstić information content (AvgIpc) is 3.39. The molecule has 0 spiro atoms.